The van der Waals surface area contributed by atoms with Crippen LogP contribution in [0.15, 0.2) is 60.1 Å². The van der Waals surface area contributed by atoms with Crippen molar-refractivity contribution in [2.24, 2.45) is 0 Å². The summed E-state index contributed by atoms with van der Waals surface area (Å²) >= 11 is 13.7. The van der Waals surface area contributed by atoms with E-state index in [4.69, 9.17) is 27.9 Å². The fraction of sp³-hybridized carbons (Fsp3) is 0.261. The van der Waals surface area contributed by atoms with Crippen LogP contribution < -0.4 is 4.90 Å². The number of carbonyl (C=O) groups is 2. The minimum Gasteiger partial charge on any atom is -0.445 e. The van der Waals surface area contributed by atoms with Crippen LogP contribution in [0.1, 0.15) is 24.0 Å². The normalized spacial score (nSPS) is 15.6. The zero-order valence-corrected chi connectivity index (χ0v) is 19.4. The highest BCUT2D eigenvalue weighted by Gasteiger charge is 2.38. The minimum absolute atomic E-state index is 0.160. The summed E-state index contributed by atoms with van der Waals surface area (Å²) in [5.74, 6) is -0.208. The lowest BCUT2D eigenvalue weighted by Crippen LogP contribution is -2.48. The zero-order chi connectivity index (χ0) is 22.5. The van der Waals surface area contributed by atoms with Crippen LogP contribution in [0.3, 0.4) is 0 Å². The second-order valence-corrected chi connectivity index (χ2v) is 9.08. The van der Waals surface area contributed by atoms with E-state index in [-0.39, 0.29) is 19.1 Å². The lowest BCUT2D eigenvalue weighted by atomic mass is 10.1. The maximum Gasteiger partial charge on any atom is 0.410 e. The summed E-state index contributed by atoms with van der Waals surface area (Å²) in [6, 6.07) is 14.0. The standard InChI is InChI=1S/C23H21Cl2N3O3S/c24-18-9-8-17(19(25)13-18)14-28(22-26-10-12-32-22)21(29)20-7-4-11-27(20)23(30)31-15-16-5-2-1-3-6-16/h1-3,5-6,8-10,12-13,20H,4,7,11,14-15H2. The lowest BCUT2D eigenvalue weighted by Gasteiger charge is -2.28. The smallest absolute Gasteiger partial charge is 0.410 e. The van der Waals surface area contributed by atoms with E-state index in [0.29, 0.717) is 28.1 Å². The Balaban J connectivity index is 1.51. The van der Waals surface area contributed by atoms with Crippen LogP contribution in [0.25, 0.3) is 0 Å². The van der Waals surface area contributed by atoms with Crippen LogP contribution in [0.2, 0.25) is 10.0 Å². The van der Waals surface area contributed by atoms with E-state index in [2.05, 4.69) is 4.98 Å². The highest BCUT2D eigenvalue weighted by molar-refractivity contribution is 7.13. The van der Waals surface area contributed by atoms with Gasteiger partial charge in [0.05, 0.1) is 6.54 Å². The number of rotatable bonds is 6. The number of carbonyl (C=O) groups excluding carboxylic acids is 2. The van der Waals surface area contributed by atoms with Gasteiger partial charge in [-0.05, 0) is 36.1 Å². The Morgan fingerprint density at radius 3 is 2.72 bits per heavy atom. The van der Waals surface area contributed by atoms with E-state index >= 15 is 0 Å². The number of thiazole rings is 1. The highest BCUT2D eigenvalue weighted by atomic mass is 35.5. The van der Waals surface area contributed by atoms with Crippen LogP contribution in [-0.2, 0) is 22.7 Å². The molecule has 0 bridgehead atoms. The molecule has 1 atom stereocenters. The Kier molecular flexibility index (Phi) is 7.29. The van der Waals surface area contributed by atoms with Crippen molar-refractivity contribution in [2.45, 2.75) is 32.0 Å². The number of halogens is 2. The van der Waals surface area contributed by atoms with Gasteiger partial charge < -0.3 is 4.74 Å². The molecule has 9 heteroatoms. The average Bonchev–Trinajstić information content (AvgIpc) is 3.50. The third-order valence-electron chi connectivity index (χ3n) is 5.24. The molecule has 1 aliphatic rings. The van der Waals surface area contributed by atoms with Crippen LogP contribution >= 0.6 is 34.5 Å². The quantitative estimate of drug-likeness (QED) is 0.439. The molecule has 4 rings (SSSR count). The molecule has 32 heavy (non-hydrogen) atoms. The molecule has 6 nitrogen and oxygen atoms in total. The Hall–Kier alpha value is -2.61. The first-order chi connectivity index (χ1) is 15.5. The summed E-state index contributed by atoms with van der Waals surface area (Å²) in [6.45, 7) is 0.858. The summed E-state index contributed by atoms with van der Waals surface area (Å²) in [5.41, 5.74) is 1.64. The molecule has 166 valence electrons. The number of hydrogen-bond donors (Lipinski definition) is 0. The molecule has 2 amide bonds. The van der Waals surface area contributed by atoms with Gasteiger partial charge in [-0.1, -0.05) is 59.6 Å². The highest BCUT2D eigenvalue weighted by Crippen LogP contribution is 2.29. The van der Waals surface area contributed by atoms with Gasteiger partial charge in [0.2, 0.25) is 0 Å². The summed E-state index contributed by atoms with van der Waals surface area (Å²) in [5, 5.41) is 3.34. The maximum atomic E-state index is 13.6. The topological polar surface area (TPSA) is 62.7 Å². The van der Waals surface area contributed by atoms with Gasteiger partial charge in [0.15, 0.2) is 5.13 Å². The SMILES string of the molecule is O=C(C1CCCN1C(=O)OCc1ccccc1)N(Cc1ccc(Cl)cc1Cl)c1nccs1. The van der Waals surface area contributed by atoms with Crippen molar-refractivity contribution >= 4 is 51.7 Å². The summed E-state index contributed by atoms with van der Waals surface area (Å²) in [7, 11) is 0. The van der Waals surface area contributed by atoms with Gasteiger partial charge in [0.1, 0.15) is 12.6 Å². The van der Waals surface area contributed by atoms with Gasteiger partial charge in [-0.25, -0.2) is 9.78 Å². The lowest BCUT2D eigenvalue weighted by molar-refractivity contribution is -0.122. The van der Waals surface area contributed by atoms with E-state index in [1.54, 1.807) is 34.7 Å². The third-order valence-corrected chi connectivity index (χ3v) is 6.62. The van der Waals surface area contributed by atoms with E-state index in [1.807, 2.05) is 30.3 Å². The Labute approximate surface area is 200 Å². The largest absolute Gasteiger partial charge is 0.445 e. The fourth-order valence-electron chi connectivity index (χ4n) is 3.63. The molecule has 2 heterocycles. The monoisotopic (exact) mass is 489 g/mol. The molecule has 0 radical (unpaired) electrons. The van der Waals surface area contributed by atoms with Crippen molar-refractivity contribution in [3.8, 4) is 0 Å². The number of ether oxygens (including phenoxy) is 1. The molecule has 1 aromatic heterocycles. The first-order valence-corrected chi connectivity index (χ1v) is 11.8. The van der Waals surface area contributed by atoms with Crippen LogP contribution in [0, 0.1) is 0 Å². The third kappa shape index (κ3) is 5.23. The van der Waals surface area contributed by atoms with Gasteiger partial charge in [-0.2, -0.15) is 0 Å². The number of benzene rings is 2. The van der Waals surface area contributed by atoms with Crippen molar-refractivity contribution in [3.63, 3.8) is 0 Å². The second-order valence-electron chi connectivity index (χ2n) is 7.37. The van der Waals surface area contributed by atoms with E-state index < -0.39 is 12.1 Å². The van der Waals surface area contributed by atoms with Crippen LogP contribution in [-0.4, -0.2) is 34.5 Å². The molecule has 0 aliphatic carbocycles. The van der Waals surface area contributed by atoms with Crippen molar-refractivity contribution in [2.75, 3.05) is 11.4 Å². The Morgan fingerprint density at radius 2 is 2.00 bits per heavy atom. The number of hydrogen-bond acceptors (Lipinski definition) is 5. The molecule has 1 saturated heterocycles. The summed E-state index contributed by atoms with van der Waals surface area (Å²) in [6.07, 6.45) is 2.44. The van der Waals surface area contributed by atoms with Gasteiger partial charge in [-0.15, -0.1) is 11.3 Å². The molecule has 3 aromatic rings. The summed E-state index contributed by atoms with van der Waals surface area (Å²) < 4.78 is 5.48. The number of aromatic nitrogens is 1. The van der Waals surface area contributed by atoms with E-state index in [0.717, 1.165) is 17.5 Å². The first-order valence-electron chi connectivity index (χ1n) is 10.1. The molecule has 0 N–H and O–H groups in total. The number of nitrogens with zero attached hydrogens (tertiary/aromatic N) is 3. The molecule has 1 aliphatic heterocycles. The van der Waals surface area contributed by atoms with E-state index in [9.17, 15) is 9.59 Å². The van der Waals surface area contributed by atoms with Gasteiger partial charge in [0, 0.05) is 28.2 Å². The van der Waals surface area contributed by atoms with Crippen LogP contribution in [0.5, 0.6) is 0 Å². The Morgan fingerprint density at radius 1 is 1.19 bits per heavy atom. The summed E-state index contributed by atoms with van der Waals surface area (Å²) in [4.78, 5) is 33.8. The molecule has 0 spiro atoms. The number of amides is 2. The van der Waals surface area contributed by atoms with E-state index in [1.165, 1.54) is 16.2 Å². The van der Waals surface area contributed by atoms with Crippen molar-refractivity contribution in [1.82, 2.24) is 9.88 Å². The van der Waals surface area contributed by atoms with Gasteiger partial charge in [-0.3, -0.25) is 14.6 Å². The predicted molar refractivity (Wildman–Crippen MR) is 126 cm³/mol. The van der Waals surface area contributed by atoms with Crippen LogP contribution in [0.4, 0.5) is 9.93 Å². The fourth-order valence-corrected chi connectivity index (χ4v) is 4.75. The molecule has 1 unspecified atom stereocenters. The predicted octanol–water partition coefficient (Wildman–Crippen LogP) is 5.78. The molecular weight excluding hydrogens is 469 g/mol. The van der Waals surface area contributed by atoms with Gasteiger partial charge in [0.25, 0.3) is 5.91 Å². The second kappa shape index (κ2) is 10.3. The number of likely N-dealkylation sites (tertiary alicyclic amines) is 1. The Bertz CT molecular complexity index is 1080. The number of anilines is 1. The van der Waals surface area contributed by atoms with Crippen molar-refractivity contribution in [3.05, 3.63) is 81.3 Å². The minimum atomic E-state index is -0.617. The molecular formula is C23H21Cl2N3O3S. The van der Waals surface area contributed by atoms with Gasteiger partial charge >= 0.3 is 6.09 Å². The first kappa shape index (κ1) is 22.6. The molecule has 1 fully saturated rings. The zero-order valence-electron chi connectivity index (χ0n) is 17.1. The maximum absolute atomic E-state index is 13.6. The molecule has 2 aromatic carbocycles. The average molecular weight is 490 g/mol. The molecule has 0 saturated carbocycles. The van der Waals surface area contributed by atoms with Crippen molar-refractivity contribution in [1.29, 1.82) is 0 Å². The van der Waals surface area contributed by atoms with Crippen molar-refractivity contribution < 1.29 is 14.3 Å².